The molecule has 0 amide bonds. The van der Waals surface area contributed by atoms with Crippen LogP contribution in [-0.4, -0.2) is 21.3 Å². The summed E-state index contributed by atoms with van der Waals surface area (Å²) in [5.41, 5.74) is 5.43. The quantitative estimate of drug-likeness (QED) is 0.408. The highest BCUT2D eigenvalue weighted by atomic mass is 16.4. The Morgan fingerprint density at radius 3 is 2.18 bits per heavy atom. The number of carboxylic acids is 1. The van der Waals surface area contributed by atoms with Crippen LogP contribution in [0.5, 0.6) is 11.5 Å². The molecular formula is C17H15NO4. The summed E-state index contributed by atoms with van der Waals surface area (Å²) in [6.07, 6.45) is 0. The highest BCUT2D eigenvalue weighted by Gasteiger charge is 2.08. The predicted octanol–water partition coefficient (Wildman–Crippen LogP) is 3.22. The highest BCUT2D eigenvalue weighted by molar-refractivity contribution is 5.91. The number of anilines is 1. The Morgan fingerprint density at radius 1 is 0.864 bits per heavy atom. The van der Waals surface area contributed by atoms with E-state index in [1.807, 2.05) is 30.3 Å². The Balaban J connectivity index is 0.000000160. The summed E-state index contributed by atoms with van der Waals surface area (Å²) in [6.45, 7) is 0. The van der Waals surface area contributed by atoms with Gasteiger partial charge in [0.15, 0.2) is 0 Å². The maximum atomic E-state index is 10.4. The standard InChI is InChI=1S/C10H8O.C7H7NO3/c11-10-6-5-8-3-1-2-4-9(8)7-10;8-4-1-2-6(9)5(3-4)7(10)11/h1-7,11H;1-3,9H,8H2,(H,10,11). The molecular weight excluding hydrogens is 282 g/mol. The minimum Gasteiger partial charge on any atom is -0.508 e. The van der Waals surface area contributed by atoms with Crippen LogP contribution in [0.15, 0.2) is 60.7 Å². The lowest BCUT2D eigenvalue weighted by molar-refractivity contribution is 0.0694. The largest absolute Gasteiger partial charge is 0.508 e. The van der Waals surface area contributed by atoms with Crippen LogP contribution >= 0.6 is 0 Å². The molecule has 0 aliphatic rings. The zero-order valence-corrected chi connectivity index (χ0v) is 11.6. The molecule has 0 atom stereocenters. The van der Waals surface area contributed by atoms with Crippen molar-refractivity contribution in [2.75, 3.05) is 5.73 Å². The minimum atomic E-state index is -1.19. The van der Waals surface area contributed by atoms with E-state index in [-0.39, 0.29) is 11.3 Å². The summed E-state index contributed by atoms with van der Waals surface area (Å²) in [6, 6.07) is 17.2. The SMILES string of the molecule is Nc1ccc(O)c(C(=O)O)c1.Oc1ccc2ccccc2c1. The lowest BCUT2D eigenvalue weighted by atomic mass is 10.1. The van der Waals surface area contributed by atoms with Gasteiger partial charge in [-0.25, -0.2) is 4.79 Å². The van der Waals surface area contributed by atoms with Gasteiger partial charge in [0.05, 0.1) is 0 Å². The fourth-order valence-electron chi connectivity index (χ4n) is 1.90. The molecule has 3 rings (SSSR count). The Bertz CT molecular complexity index is 815. The van der Waals surface area contributed by atoms with Gasteiger partial charge in [0.25, 0.3) is 0 Å². The van der Waals surface area contributed by atoms with E-state index in [9.17, 15) is 4.79 Å². The van der Waals surface area contributed by atoms with Gasteiger partial charge < -0.3 is 21.1 Å². The van der Waals surface area contributed by atoms with E-state index in [2.05, 4.69) is 0 Å². The van der Waals surface area contributed by atoms with E-state index >= 15 is 0 Å². The molecule has 0 aliphatic carbocycles. The fourth-order valence-corrected chi connectivity index (χ4v) is 1.90. The van der Waals surface area contributed by atoms with Gasteiger partial charge in [-0.05, 0) is 41.1 Å². The second kappa shape index (κ2) is 6.49. The lowest BCUT2D eigenvalue weighted by Crippen LogP contribution is -1.97. The molecule has 112 valence electrons. The van der Waals surface area contributed by atoms with Gasteiger partial charge in [-0.1, -0.05) is 30.3 Å². The molecule has 0 aromatic heterocycles. The first-order chi connectivity index (χ1) is 10.5. The third-order valence-corrected chi connectivity index (χ3v) is 2.98. The number of benzene rings is 3. The van der Waals surface area contributed by atoms with Gasteiger partial charge in [0.2, 0.25) is 0 Å². The number of nitrogen functional groups attached to an aromatic ring is 1. The summed E-state index contributed by atoms with van der Waals surface area (Å²) >= 11 is 0. The van der Waals surface area contributed by atoms with E-state index in [4.69, 9.17) is 21.1 Å². The van der Waals surface area contributed by atoms with Crippen LogP contribution in [0, 0.1) is 0 Å². The number of phenolic OH excluding ortho intramolecular Hbond substituents is 1. The monoisotopic (exact) mass is 297 g/mol. The average molecular weight is 297 g/mol. The molecule has 0 saturated heterocycles. The molecule has 0 fully saturated rings. The van der Waals surface area contributed by atoms with Crippen LogP contribution in [0.3, 0.4) is 0 Å². The van der Waals surface area contributed by atoms with Gasteiger partial charge in [0.1, 0.15) is 17.1 Å². The van der Waals surface area contributed by atoms with Crippen molar-refractivity contribution in [2.24, 2.45) is 0 Å². The average Bonchev–Trinajstić information content (AvgIpc) is 2.50. The van der Waals surface area contributed by atoms with Crippen LogP contribution in [0.1, 0.15) is 10.4 Å². The maximum absolute atomic E-state index is 10.4. The maximum Gasteiger partial charge on any atom is 0.339 e. The number of aromatic hydroxyl groups is 2. The van der Waals surface area contributed by atoms with Crippen LogP contribution in [-0.2, 0) is 0 Å². The highest BCUT2D eigenvalue weighted by Crippen LogP contribution is 2.19. The van der Waals surface area contributed by atoms with E-state index < -0.39 is 5.97 Å². The summed E-state index contributed by atoms with van der Waals surface area (Å²) < 4.78 is 0. The second-order valence-corrected chi connectivity index (χ2v) is 4.61. The number of rotatable bonds is 1. The zero-order chi connectivity index (χ0) is 16.1. The number of phenols is 2. The Hall–Kier alpha value is -3.21. The zero-order valence-electron chi connectivity index (χ0n) is 11.6. The molecule has 0 bridgehead atoms. The van der Waals surface area contributed by atoms with Crippen LogP contribution in [0.4, 0.5) is 5.69 Å². The molecule has 0 heterocycles. The first-order valence-corrected chi connectivity index (χ1v) is 6.47. The molecule has 0 aliphatic heterocycles. The normalized spacial score (nSPS) is 9.82. The van der Waals surface area contributed by atoms with Crippen molar-refractivity contribution in [3.05, 3.63) is 66.2 Å². The number of carbonyl (C=O) groups is 1. The number of hydrogen-bond donors (Lipinski definition) is 4. The van der Waals surface area contributed by atoms with Crippen molar-refractivity contribution in [2.45, 2.75) is 0 Å². The van der Waals surface area contributed by atoms with Crippen LogP contribution in [0.25, 0.3) is 10.8 Å². The summed E-state index contributed by atoms with van der Waals surface area (Å²) in [4.78, 5) is 10.4. The Morgan fingerprint density at radius 2 is 1.55 bits per heavy atom. The Labute approximate surface area is 126 Å². The molecule has 0 saturated carbocycles. The number of carboxylic acid groups (broad SMARTS) is 1. The van der Waals surface area contributed by atoms with Crippen molar-refractivity contribution in [1.29, 1.82) is 0 Å². The smallest absolute Gasteiger partial charge is 0.339 e. The fraction of sp³-hybridized carbons (Fsp3) is 0. The van der Waals surface area contributed by atoms with Crippen molar-refractivity contribution in [1.82, 2.24) is 0 Å². The van der Waals surface area contributed by atoms with E-state index in [1.165, 1.54) is 18.2 Å². The number of aromatic carboxylic acids is 1. The summed E-state index contributed by atoms with van der Waals surface area (Å²) in [7, 11) is 0. The molecule has 5 heteroatoms. The molecule has 22 heavy (non-hydrogen) atoms. The molecule has 3 aromatic rings. The third kappa shape index (κ3) is 3.67. The lowest BCUT2D eigenvalue weighted by Gasteiger charge is -1.98. The topological polar surface area (TPSA) is 104 Å². The second-order valence-electron chi connectivity index (χ2n) is 4.61. The summed E-state index contributed by atoms with van der Waals surface area (Å²) in [5, 5.41) is 28.8. The van der Waals surface area contributed by atoms with Crippen molar-refractivity contribution in [3.63, 3.8) is 0 Å². The molecule has 5 nitrogen and oxygen atoms in total. The molecule has 0 unspecified atom stereocenters. The first-order valence-electron chi connectivity index (χ1n) is 6.47. The van der Waals surface area contributed by atoms with Gasteiger partial charge in [-0.3, -0.25) is 0 Å². The van der Waals surface area contributed by atoms with E-state index in [0.717, 1.165) is 10.8 Å². The predicted molar refractivity (Wildman–Crippen MR) is 85.1 cm³/mol. The van der Waals surface area contributed by atoms with Crippen LogP contribution in [0.2, 0.25) is 0 Å². The molecule has 3 aromatic carbocycles. The third-order valence-electron chi connectivity index (χ3n) is 2.98. The first kappa shape index (κ1) is 15.2. The van der Waals surface area contributed by atoms with Gasteiger partial charge in [0, 0.05) is 5.69 Å². The van der Waals surface area contributed by atoms with Crippen molar-refractivity contribution >= 4 is 22.4 Å². The molecule has 0 radical (unpaired) electrons. The van der Waals surface area contributed by atoms with Crippen molar-refractivity contribution in [3.8, 4) is 11.5 Å². The molecule has 5 N–H and O–H groups in total. The van der Waals surface area contributed by atoms with Gasteiger partial charge in [-0.2, -0.15) is 0 Å². The van der Waals surface area contributed by atoms with Gasteiger partial charge >= 0.3 is 5.97 Å². The van der Waals surface area contributed by atoms with Gasteiger partial charge in [-0.15, -0.1) is 0 Å². The van der Waals surface area contributed by atoms with Crippen molar-refractivity contribution < 1.29 is 20.1 Å². The number of fused-ring (bicyclic) bond motifs is 1. The van der Waals surface area contributed by atoms with Crippen LogP contribution < -0.4 is 5.73 Å². The Kier molecular flexibility index (Phi) is 4.48. The number of hydrogen-bond acceptors (Lipinski definition) is 4. The molecule has 0 spiro atoms. The van der Waals surface area contributed by atoms with E-state index in [1.54, 1.807) is 12.1 Å². The summed E-state index contributed by atoms with van der Waals surface area (Å²) in [5.74, 6) is -1.13. The van der Waals surface area contributed by atoms with E-state index in [0.29, 0.717) is 11.4 Å². The number of nitrogens with two attached hydrogens (primary N) is 1. The minimum absolute atomic E-state index is 0.176.